The summed E-state index contributed by atoms with van der Waals surface area (Å²) >= 11 is 0. The van der Waals surface area contributed by atoms with E-state index >= 15 is 0 Å². The van der Waals surface area contributed by atoms with Crippen LogP contribution in [0.4, 0.5) is 4.39 Å². The van der Waals surface area contributed by atoms with Gasteiger partial charge in [-0.2, -0.15) is 0 Å². The van der Waals surface area contributed by atoms with Gasteiger partial charge in [-0.25, -0.2) is 4.39 Å². The zero-order chi connectivity index (χ0) is 14.7. The molecule has 0 aromatic carbocycles. The molecule has 1 aromatic heterocycles. The third kappa shape index (κ3) is 3.12. The number of likely N-dealkylation sites (tertiary alicyclic amines) is 1. The SMILES string of the molecule is CC(C)N1CC(C(=O)NCc2ncccc2F)CC1=O. The Hall–Kier alpha value is -1.98. The highest BCUT2D eigenvalue weighted by Gasteiger charge is 2.35. The number of carbonyl (C=O) groups is 2. The Morgan fingerprint density at radius 2 is 2.35 bits per heavy atom. The molecule has 1 unspecified atom stereocenters. The highest BCUT2D eigenvalue weighted by Crippen LogP contribution is 2.20. The van der Waals surface area contributed by atoms with Gasteiger partial charge < -0.3 is 10.2 Å². The van der Waals surface area contributed by atoms with Gasteiger partial charge in [-0.3, -0.25) is 14.6 Å². The second kappa shape index (κ2) is 5.98. The molecule has 2 heterocycles. The first-order valence-electron chi connectivity index (χ1n) is 6.65. The van der Waals surface area contributed by atoms with Crippen molar-refractivity contribution in [3.8, 4) is 0 Å². The van der Waals surface area contributed by atoms with Crippen molar-refractivity contribution in [2.45, 2.75) is 32.9 Å². The molecule has 0 bridgehead atoms. The van der Waals surface area contributed by atoms with E-state index in [1.165, 1.54) is 18.3 Å². The lowest BCUT2D eigenvalue weighted by Crippen LogP contribution is -2.35. The Balaban J connectivity index is 1.91. The minimum Gasteiger partial charge on any atom is -0.350 e. The van der Waals surface area contributed by atoms with E-state index in [4.69, 9.17) is 0 Å². The number of aromatic nitrogens is 1. The zero-order valence-corrected chi connectivity index (χ0v) is 11.6. The molecule has 1 saturated heterocycles. The number of carbonyl (C=O) groups excluding carboxylic acids is 2. The molecule has 2 amide bonds. The minimum absolute atomic E-state index is 0.0100. The van der Waals surface area contributed by atoms with Crippen molar-refractivity contribution in [2.75, 3.05) is 6.54 Å². The van der Waals surface area contributed by atoms with Crippen LogP contribution in [0.5, 0.6) is 0 Å². The number of halogens is 1. The van der Waals surface area contributed by atoms with E-state index in [-0.39, 0.29) is 42.4 Å². The smallest absolute Gasteiger partial charge is 0.225 e. The Bertz CT molecular complexity index is 519. The van der Waals surface area contributed by atoms with Crippen LogP contribution in [-0.2, 0) is 16.1 Å². The number of nitrogens with one attached hydrogen (secondary N) is 1. The number of hydrogen-bond acceptors (Lipinski definition) is 3. The molecular formula is C14H18FN3O2. The van der Waals surface area contributed by atoms with Crippen LogP contribution in [0.3, 0.4) is 0 Å². The van der Waals surface area contributed by atoms with Crippen molar-refractivity contribution in [1.29, 1.82) is 0 Å². The molecule has 108 valence electrons. The summed E-state index contributed by atoms with van der Waals surface area (Å²) in [6.07, 6.45) is 1.69. The molecule has 0 spiro atoms. The first-order chi connectivity index (χ1) is 9.49. The van der Waals surface area contributed by atoms with Crippen molar-refractivity contribution in [3.05, 3.63) is 29.8 Å². The Morgan fingerprint density at radius 3 is 2.95 bits per heavy atom. The average molecular weight is 279 g/mol. The number of amides is 2. The normalized spacial score (nSPS) is 18.7. The fourth-order valence-corrected chi connectivity index (χ4v) is 2.27. The number of pyridine rings is 1. The van der Waals surface area contributed by atoms with Crippen LogP contribution in [0.25, 0.3) is 0 Å². The second-order valence-corrected chi connectivity index (χ2v) is 5.19. The molecule has 1 N–H and O–H groups in total. The maximum absolute atomic E-state index is 13.4. The summed E-state index contributed by atoms with van der Waals surface area (Å²) in [5.74, 6) is -1.05. The third-order valence-corrected chi connectivity index (χ3v) is 3.42. The summed E-state index contributed by atoms with van der Waals surface area (Å²) in [4.78, 5) is 29.3. The molecule has 1 atom stereocenters. The van der Waals surface area contributed by atoms with Gasteiger partial charge in [-0.1, -0.05) is 0 Å². The van der Waals surface area contributed by atoms with Gasteiger partial charge in [0.25, 0.3) is 0 Å². The summed E-state index contributed by atoms with van der Waals surface area (Å²) < 4.78 is 13.4. The van der Waals surface area contributed by atoms with Crippen LogP contribution in [-0.4, -0.2) is 34.3 Å². The molecule has 1 aromatic rings. The van der Waals surface area contributed by atoms with E-state index < -0.39 is 5.82 Å². The minimum atomic E-state index is -0.445. The van der Waals surface area contributed by atoms with Crippen LogP contribution >= 0.6 is 0 Å². The number of hydrogen-bond donors (Lipinski definition) is 1. The van der Waals surface area contributed by atoms with Gasteiger partial charge in [0.2, 0.25) is 11.8 Å². The summed E-state index contributed by atoms with van der Waals surface area (Å²) in [6.45, 7) is 4.30. The maximum Gasteiger partial charge on any atom is 0.225 e. The van der Waals surface area contributed by atoms with Gasteiger partial charge in [0.15, 0.2) is 0 Å². The second-order valence-electron chi connectivity index (χ2n) is 5.19. The Morgan fingerprint density at radius 1 is 1.60 bits per heavy atom. The van der Waals surface area contributed by atoms with Crippen LogP contribution in [0.2, 0.25) is 0 Å². The molecular weight excluding hydrogens is 261 g/mol. The van der Waals surface area contributed by atoms with Crippen molar-refractivity contribution in [3.63, 3.8) is 0 Å². The van der Waals surface area contributed by atoms with Gasteiger partial charge in [-0.05, 0) is 26.0 Å². The van der Waals surface area contributed by atoms with Crippen molar-refractivity contribution >= 4 is 11.8 Å². The van der Waals surface area contributed by atoms with Crippen LogP contribution < -0.4 is 5.32 Å². The summed E-state index contributed by atoms with van der Waals surface area (Å²) in [6, 6.07) is 2.89. The van der Waals surface area contributed by atoms with Crippen molar-refractivity contribution in [2.24, 2.45) is 5.92 Å². The highest BCUT2D eigenvalue weighted by molar-refractivity contribution is 5.89. The molecule has 6 heteroatoms. The summed E-state index contributed by atoms with van der Waals surface area (Å²) in [5, 5.41) is 2.64. The maximum atomic E-state index is 13.4. The van der Waals surface area contributed by atoms with E-state index in [9.17, 15) is 14.0 Å². The Labute approximate surface area is 117 Å². The third-order valence-electron chi connectivity index (χ3n) is 3.42. The predicted molar refractivity (Wildman–Crippen MR) is 71.0 cm³/mol. The fourth-order valence-electron chi connectivity index (χ4n) is 2.27. The number of nitrogens with zero attached hydrogens (tertiary/aromatic N) is 2. The van der Waals surface area contributed by atoms with Gasteiger partial charge in [-0.15, -0.1) is 0 Å². The summed E-state index contributed by atoms with van der Waals surface area (Å²) in [5.41, 5.74) is 0.200. The van der Waals surface area contributed by atoms with Crippen LogP contribution in [0.15, 0.2) is 18.3 Å². The van der Waals surface area contributed by atoms with E-state index in [1.807, 2.05) is 13.8 Å². The first-order valence-corrected chi connectivity index (χ1v) is 6.65. The lowest BCUT2D eigenvalue weighted by molar-refractivity contribution is -0.130. The van der Waals surface area contributed by atoms with Crippen LogP contribution in [0, 0.1) is 11.7 Å². The van der Waals surface area contributed by atoms with Crippen LogP contribution in [0.1, 0.15) is 26.0 Å². The first kappa shape index (κ1) is 14.4. The van der Waals surface area contributed by atoms with Crippen molar-refractivity contribution in [1.82, 2.24) is 15.2 Å². The Kier molecular flexibility index (Phi) is 4.32. The molecule has 1 aliphatic rings. The van der Waals surface area contributed by atoms with Gasteiger partial charge in [0.05, 0.1) is 18.2 Å². The van der Waals surface area contributed by atoms with E-state index in [0.717, 1.165) is 0 Å². The predicted octanol–water partition coefficient (Wildman–Crippen LogP) is 1.09. The van der Waals surface area contributed by atoms with Gasteiger partial charge >= 0.3 is 0 Å². The van der Waals surface area contributed by atoms with Gasteiger partial charge in [0, 0.05) is 25.2 Å². The number of rotatable bonds is 4. The zero-order valence-electron chi connectivity index (χ0n) is 11.6. The lowest BCUT2D eigenvalue weighted by Gasteiger charge is -2.20. The molecule has 0 saturated carbocycles. The standard InChI is InChI=1S/C14H18FN3O2/c1-9(2)18-8-10(6-13(18)19)14(20)17-7-12-11(15)4-3-5-16-12/h3-5,9-10H,6-8H2,1-2H3,(H,17,20). The van der Waals surface area contributed by atoms with E-state index in [0.29, 0.717) is 6.54 Å². The quantitative estimate of drug-likeness (QED) is 0.897. The molecule has 2 rings (SSSR count). The highest BCUT2D eigenvalue weighted by atomic mass is 19.1. The largest absolute Gasteiger partial charge is 0.350 e. The molecule has 1 aliphatic heterocycles. The van der Waals surface area contributed by atoms with E-state index in [2.05, 4.69) is 10.3 Å². The van der Waals surface area contributed by atoms with E-state index in [1.54, 1.807) is 4.90 Å². The van der Waals surface area contributed by atoms with Crippen molar-refractivity contribution < 1.29 is 14.0 Å². The van der Waals surface area contributed by atoms with Gasteiger partial charge in [0.1, 0.15) is 5.82 Å². The average Bonchev–Trinajstić information content (AvgIpc) is 2.80. The fraction of sp³-hybridized carbons (Fsp3) is 0.500. The molecule has 1 fully saturated rings. The molecule has 5 nitrogen and oxygen atoms in total. The lowest BCUT2D eigenvalue weighted by atomic mass is 10.1. The molecule has 0 aliphatic carbocycles. The molecule has 20 heavy (non-hydrogen) atoms. The molecule has 0 radical (unpaired) electrons. The summed E-state index contributed by atoms with van der Waals surface area (Å²) in [7, 11) is 0. The topological polar surface area (TPSA) is 62.3 Å². The monoisotopic (exact) mass is 279 g/mol.